The molecule has 0 aliphatic carbocycles. The van der Waals surface area contributed by atoms with Gasteiger partial charge < -0.3 is 15.2 Å². The van der Waals surface area contributed by atoms with Crippen molar-refractivity contribution in [2.75, 3.05) is 39.6 Å². The Morgan fingerprint density at radius 1 is 1.29 bits per heavy atom. The molecule has 0 spiro atoms. The maximum atomic E-state index is 6.07. The Bertz CT molecular complexity index is 479. The summed E-state index contributed by atoms with van der Waals surface area (Å²) in [4.78, 5) is 2.48. The molecule has 1 aliphatic rings. The van der Waals surface area contributed by atoms with Crippen LogP contribution >= 0.6 is 11.8 Å². The summed E-state index contributed by atoms with van der Waals surface area (Å²) in [7, 11) is 3.32. The molecule has 1 unspecified atom stereocenters. The molecule has 1 fully saturated rings. The summed E-state index contributed by atoms with van der Waals surface area (Å²) in [6.45, 7) is 7.33. The molecule has 1 aromatic carbocycles. The van der Waals surface area contributed by atoms with E-state index in [1.807, 2.05) is 23.9 Å². The van der Waals surface area contributed by atoms with E-state index >= 15 is 0 Å². The number of hydrogen-bond donors (Lipinski definition) is 1. The molecular formula is C16H26N2O2S. The van der Waals surface area contributed by atoms with Crippen LogP contribution in [-0.4, -0.2) is 49.3 Å². The lowest BCUT2D eigenvalue weighted by Gasteiger charge is -2.41. The average molecular weight is 310 g/mol. The van der Waals surface area contributed by atoms with Gasteiger partial charge in [0, 0.05) is 36.2 Å². The van der Waals surface area contributed by atoms with Crippen LogP contribution in [0.15, 0.2) is 18.2 Å². The number of thioether (sulfide) groups is 1. The van der Waals surface area contributed by atoms with Crippen LogP contribution in [0.2, 0.25) is 0 Å². The Morgan fingerprint density at radius 2 is 2.00 bits per heavy atom. The number of hydrogen-bond acceptors (Lipinski definition) is 5. The first-order chi connectivity index (χ1) is 10.0. The highest BCUT2D eigenvalue weighted by atomic mass is 32.2. The lowest BCUT2D eigenvalue weighted by molar-refractivity contribution is 0.192. The van der Waals surface area contributed by atoms with Crippen LogP contribution in [-0.2, 0) is 0 Å². The number of benzene rings is 1. The lowest BCUT2D eigenvalue weighted by Crippen LogP contribution is -2.46. The second-order valence-electron chi connectivity index (χ2n) is 5.94. The largest absolute Gasteiger partial charge is 0.493 e. The summed E-state index contributed by atoms with van der Waals surface area (Å²) >= 11 is 2.03. The molecule has 2 N–H and O–H groups in total. The van der Waals surface area contributed by atoms with Crippen molar-refractivity contribution in [3.05, 3.63) is 23.8 Å². The molecule has 0 radical (unpaired) electrons. The zero-order valence-electron chi connectivity index (χ0n) is 13.4. The molecule has 1 saturated heterocycles. The van der Waals surface area contributed by atoms with Gasteiger partial charge in [0.25, 0.3) is 0 Å². The fourth-order valence-electron chi connectivity index (χ4n) is 2.88. The van der Waals surface area contributed by atoms with Crippen LogP contribution in [0.3, 0.4) is 0 Å². The van der Waals surface area contributed by atoms with E-state index in [4.69, 9.17) is 15.2 Å². The minimum Gasteiger partial charge on any atom is -0.493 e. The van der Waals surface area contributed by atoms with Crippen molar-refractivity contribution >= 4 is 11.8 Å². The standard InChI is InChI=1S/C16H26N2O2S/c1-16(2)11-18(7-8-21-16)13(10-17)12-5-6-14(19-3)15(9-12)20-4/h5-6,9,13H,7-8,10-11,17H2,1-4H3. The smallest absolute Gasteiger partial charge is 0.161 e. The van der Waals surface area contributed by atoms with Crippen molar-refractivity contribution in [1.82, 2.24) is 4.90 Å². The van der Waals surface area contributed by atoms with Crippen LogP contribution in [0.1, 0.15) is 25.5 Å². The molecule has 118 valence electrons. The van der Waals surface area contributed by atoms with Gasteiger partial charge in [0.1, 0.15) is 0 Å². The zero-order valence-corrected chi connectivity index (χ0v) is 14.2. The summed E-state index contributed by atoms with van der Waals surface area (Å²) in [6, 6.07) is 6.32. The Kier molecular flexibility index (Phi) is 5.41. The van der Waals surface area contributed by atoms with E-state index < -0.39 is 0 Å². The third-order valence-corrected chi connectivity index (χ3v) is 5.21. The molecule has 0 amide bonds. The Labute approximate surface area is 132 Å². The molecule has 0 bridgehead atoms. The SMILES string of the molecule is COc1ccc(C(CN)N2CCSC(C)(C)C2)cc1OC. The first kappa shape index (κ1) is 16.5. The van der Waals surface area contributed by atoms with Gasteiger partial charge in [0.2, 0.25) is 0 Å². The molecule has 1 atom stereocenters. The quantitative estimate of drug-likeness (QED) is 0.905. The first-order valence-corrected chi connectivity index (χ1v) is 8.29. The Morgan fingerprint density at radius 3 is 2.57 bits per heavy atom. The highest BCUT2D eigenvalue weighted by molar-refractivity contribution is 8.00. The maximum absolute atomic E-state index is 6.07. The van der Waals surface area contributed by atoms with Gasteiger partial charge in [-0.2, -0.15) is 11.8 Å². The van der Waals surface area contributed by atoms with E-state index in [-0.39, 0.29) is 10.8 Å². The van der Waals surface area contributed by atoms with Gasteiger partial charge in [-0.05, 0) is 31.5 Å². The van der Waals surface area contributed by atoms with Gasteiger partial charge in [-0.1, -0.05) is 6.07 Å². The topological polar surface area (TPSA) is 47.7 Å². The van der Waals surface area contributed by atoms with Crippen molar-refractivity contribution in [3.8, 4) is 11.5 Å². The van der Waals surface area contributed by atoms with Gasteiger partial charge in [0.05, 0.1) is 14.2 Å². The monoisotopic (exact) mass is 310 g/mol. The first-order valence-electron chi connectivity index (χ1n) is 7.30. The van der Waals surface area contributed by atoms with E-state index in [0.29, 0.717) is 6.54 Å². The number of methoxy groups -OCH3 is 2. The summed E-state index contributed by atoms with van der Waals surface area (Å²) in [5.74, 6) is 2.67. The number of rotatable bonds is 5. The Balaban J connectivity index is 2.24. The van der Waals surface area contributed by atoms with Crippen molar-refractivity contribution in [2.24, 2.45) is 5.73 Å². The fraction of sp³-hybridized carbons (Fsp3) is 0.625. The van der Waals surface area contributed by atoms with E-state index in [0.717, 1.165) is 30.3 Å². The molecule has 21 heavy (non-hydrogen) atoms. The van der Waals surface area contributed by atoms with Gasteiger partial charge in [-0.3, -0.25) is 4.90 Å². The third-order valence-electron chi connectivity index (χ3n) is 3.91. The fourth-order valence-corrected chi connectivity index (χ4v) is 4.01. The second kappa shape index (κ2) is 6.90. The van der Waals surface area contributed by atoms with Crippen LogP contribution < -0.4 is 15.2 Å². The highest BCUT2D eigenvalue weighted by Gasteiger charge is 2.31. The summed E-state index contributed by atoms with van der Waals surface area (Å²) in [5.41, 5.74) is 7.26. The molecule has 4 nitrogen and oxygen atoms in total. The minimum atomic E-state index is 0.227. The lowest BCUT2D eigenvalue weighted by atomic mass is 10.0. The van der Waals surface area contributed by atoms with Crippen molar-refractivity contribution in [3.63, 3.8) is 0 Å². The Hall–Kier alpha value is -0.910. The minimum absolute atomic E-state index is 0.227. The van der Waals surface area contributed by atoms with Crippen LogP contribution in [0.25, 0.3) is 0 Å². The van der Waals surface area contributed by atoms with Crippen LogP contribution in [0, 0.1) is 0 Å². The average Bonchev–Trinajstić information content (AvgIpc) is 2.47. The summed E-state index contributed by atoms with van der Waals surface area (Å²) < 4.78 is 11.0. The highest BCUT2D eigenvalue weighted by Crippen LogP contribution is 2.36. The molecule has 1 aliphatic heterocycles. The van der Waals surface area contributed by atoms with Crippen molar-refractivity contribution < 1.29 is 9.47 Å². The number of nitrogens with zero attached hydrogens (tertiary/aromatic N) is 1. The molecule has 0 saturated carbocycles. The summed E-state index contributed by atoms with van der Waals surface area (Å²) in [5, 5.41) is 0. The molecule has 2 rings (SSSR count). The van der Waals surface area contributed by atoms with E-state index in [1.165, 1.54) is 5.56 Å². The van der Waals surface area contributed by atoms with Crippen LogP contribution in [0.5, 0.6) is 11.5 Å². The van der Waals surface area contributed by atoms with Crippen LogP contribution in [0.4, 0.5) is 0 Å². The zero-order chi connectivity index (χ0) is 15.5. The predicted molar refractivity (Wildman–Crippen MR) is 89.5 cm³/mol. The van der Waals surface area contributed by atoms with Gasteiger partial charge >= 0.3 is 0 Å². The molecular weight excluding hydrogens is 284 g/mol. The molecule has 1 aromatic rings. The maximum Gasteiger partial charge on any atom is 0.161 e. The normalized spacial score (nSPS) is 20.0. The van der Waals surface area contributed by atoms with E-state index in [9.17, 15) is 0 Å². The molecule has 5 heteroatoms. The van der Waals surface area contributed by atoms with Gasteiger partial charge in [-0.25, -0.2) is 0 Å². The van der Waals surface area contributed by atoms with E-state index in [1.54, 1.807) is 14.2 Å². The number of nitrogens with two attached hydrogens (primary N) is 1. The molecule has 1 heterocycles. The second-order valence-corrected chi connectivity index (χ2v) is 7.75. The predicted octanol–water partition coefficient (Wildman–Crippen LogP) is 2.53. The van der Waals surface area contributed by atoms with Crippen molar-refractivity contribution in [1.29, 1.82) is 0 Å². The summed E-state index contributed by atoms with van der Waals surface area (Å²) in [6.07, 6.45) is 0. The third kappa shape index (κ3) is 3.84. The number of ether oxygens (including phenoxy) is 2. The van der Waals surface area contributed by atoms with E-state index in [2.05, 4.69) is 24.8 Å². The van der Waals surface area contributed by atoms with Crippen molar-refractivity contribution in [2.45, 2.75) is 24.6 Å². The molecule has 0 aromatic heterocycles. The van der Waals surface area contributed by atoms with Gasteiger partial charge in [-0.15, -0.1) is 0 Å². The van der Waals surface area contributed by atoms with Gasteiger partial charge in [0.15, 0.2) is 11.5 Å².